The van der Waals surface area contributed by atoms with Crippen LogP contribution in [-0.2, 0) is 14.3 Å². The minimum absolute atomic E-state index is 0.00803. The fourth-order valence-electron chi connectivity index (χ4n) is 10.3. The Morgan fingerprint density at radius 1 is 0.380 bits per heavy atom. The molecule has 422 valence electrons. The number of hydrogen-bond acceptors (Lipinski definition) is 5. The normalized spacial score (nSPS) is 12.6. The Morgan fingerprint density at radius 3 is 1.00 bits per heavy atom. The second-order valence-corrected chi connectivity index (χ2v) is 22.5. The molecule has 0 aliphatic heterocycles. The second kappa shape index (κ2) is 61.1. The van der Waals surface area contributed by atoms with Gasteiger partial charge in [0, 0.05) is 12.8 Å². The van der Waals surface area contributed by atoms with E-state index >= 15 is 0 Å². The molecule has 0 aromatic heterocycles. The van der Waals surface area contributed by atoms with E-state index in [9.17, 15) is 19.8 Å². The smallest absolute Gasteiger partial charge is 0.305 e. The zero-order chi connectivity index (χ0) is 51.4. The highest BCUT2D eigenvalue weighted by atomic mass is 16.5. The topological polar surface area (TPSA) is 95.9 Å². The van der Waals surface area contributed by atoms with Gasteiger partial charge in [-0.25, -0.2) is 0 Å². The first-order chi connectivity index (χ1) is 35.0. The lowest BCUT2D eigenvalue weighted by molar-refractivity contribution is -0.143. The number of amides is 1. The van der Waals surface area contributed by atoms with Crippen LogP contribution in [0, 0.1) is 0 Å². The van der Waals surface area contributed by atoms with Gasteiger partial charge in [-0.2, -0.15) is 0 Å². The van der Waals surface area contributed by atoms with Crippen LogP contribution in [0.15, 0.2) is 12.2 Å². The molecular weight excluding hydrogens is 875 g/mol. The van der Waals surface area contributed by atoms with Gasteiger partial charge in [0.25, 0.3) is 0 Å². The summed E-state index contributed by atoms with van der Waals surface area (Å²) >= 11 is 0. The van der Waals surface area contributed by atoms with Crippen LogP contribution in [0.1, 0.15) is 367 Å². The molecule has 3 N–H and O–H groups in total. The maximum atomic E-state index is 12.5. The summed E-state index contributed by atoms with van der Waals surface area (Å²) in [5.74, 6) is -0.0540. The Kier molecular flexibility index (Phi) is 59.9. The molecule has 0 bridgehead atoms. The standard InChI is InChI=1S/C65H127NO5/c1-3-5-7-9-11-13-15-17-19-21-23-24-25-26-28-29-31-33-37-41-45-49-53-57-63(68)62(61-67)66-64(69)58-54-50-46-42-38-35-36-40-44-48-52-56-60-71-65(70)59-55-51-47-43-39-34-32-30-27-22-20-18-16-14-12-10-8-6-4-2/h18,20,62-63,67-68H,3-17,19,21-61H2,1-2H3,(H,66,69)/b20-18-. The number of carbonyl (C=O) groups excluding carboxylic acids is 2. The third kappa shape index (κ3) is 57.7. The Balaban J connectivity index is 3.42. The number of nitrogens with one attached hydrogen (secondary N) is 1. The molecule has 0 radical (unpaired) electrons. The third-order valence-corrected chi connectivity index (χ3v) is 15.3. The van der Waals surface area contributed by atoms with Gasteiger partial charge in [0.05, 0.1) is 25.4 Å². The fraction of sp³-hybridized carbons (Fsp3) is 0.938. The van der Waals surface area contributed by atoms with E-state index in [1.165, 1.54) is 276 Å². The van der Waals surface area contributed by atoms with Gasteiger partial charge in [-0.1, -0.05) is 315 Å². The van der Waals surface area contributed by atoms with Crippen LogP contribution >= 0.6 is 0 Å². The first-order valence-electron chi connectivity index (χ1n) is 32.4. The van der Waals surface area contributed by atoms with Crippen LogP contribution in [0.3, 0.4) is 0 Å². The van der Waals surface area contributed by atoms with Gasteiger partial charge in [-0.05, 0) is 51.4 Å². The molecular formula is C65H127NO5. The molecule has 6 heteroatoms. The summed E-state index contributed by atoms with van der Waals surface area (Å²) in [7, 11) is 0. The molecule has 0 aromatic carbocycles. The van der Waals surface area contributed by atoms with E-state index in [0.29, 0.717) is 25.9 Å². The van der Waals surface area contributed by atoms with Crippen molar-refractivity contribution in [1.82, 2.24) is 5.32 Å². The van der Waals surface area contributed by atoms with Crippen LogP contribution < -0.4 is 5.32 Å². The lowest BCUT2D eigenvalue weighted by Crippen LogP contribution is -2.45. The van der Waals surface area contributed by atoms with Crippen molar-refractivity contribution in [2.24, 2.45) is 0 Å². The van der Waals surface area contributed by atoms with Gasteiger partial charge in [0.15, 0.2) is 0 Å². The van der Waals surface area contributed by atoms with Gasteiger partial charge in [0.2, 0.25) is 5.91 Å². The highest BCUT2D eigenvalue weighted by molar-refractivity contribution is 5.76. The van der Waals surface area contributed by atoms with E-state index in [0.717, 1.165) is 57.8 Å². The SMILES string of the molecule is CCCCCCCC/C=C\CCCCCCCCCCCC(=O)OCCCCCCCCCCCCCCC(=O)NC(CO)C(O)CCCCCCCCCCCCCCCCCCCCCCCCC. The summed E-state index contributed by atoms with van der Waals surface area (Å²) in [4.78, 5) is 24.6. The maximum Gasteiger partial charge on any atom is 0.305 e. The summed E-state index contributed by atoms with van der Waals surface area (Å²) < 4.78 is 5.49. The van der Waals surface area contributed by atoms with Crippen LogP contribution in [0.5, 0.6) is 0 Å². The van der Waals surface area contributed by atoms with Crippen molar-refractivity contribution in [2.45, 2.75) is 379 Å². The molecule has 71 heavy (non-hydrogen) atoms. The zero-order valence-corrected chi connectivity index (χ0v) is 48.2. The molecule has 0 rings (SSSR count). The van der Waals surface area contributed by atoms with Crippen molar-refractivity contribution < 1.29 is 24.5 Å². The van der Waals surface area contributed by atoms with Gasteiger partial charge >= 0.3 is 5.97 Å². The van der Waals surface area contributed by atoms with Crippen LogP contribution in [0.25, 0.3) is 0 Å². The molecule has 0 saturated heterocycles. The van der Waals surface area contributed by atoms with Crippen LogP contribution in [-0.4, -0.2) is 47.4 Å². The third-order valence-electron chi connectivity index (χ3n) is 15.3. The van der Waals surface area contributed by atoms with E-state index in [1.54, 1.807) is 0 Å². The lowest BCUT2D eigenvalue weighted by Gasteiger charge is -2.22. The molecule has 1 amide bonds. The number of aliphatic hydroxyl groups excluding tert-OH is 2. The van der Waals surface area contributed by atoms with Gasteiger partial charge in [-0.3, -0.25) is 9.59 Å². The molecule has 6 nitrogen and oxygen atoms in total. The minimum Gasteiger partial charge on any atom is -0.466 e. The van der Waals surface area contributed by atoms with Gasteiger partial charge in [-0.15, -0.1) is 0 Å². The molecule has 2 unspecified atom stereocenters. The van der Waals surface area contributed by atoms with E-state index in [1.807, 2.05) is 0 Å². The molecule has 0 spiro atoms. The monoisotopic (exact) mass is 1000 g/mol. The van der Waals surface area contributed by atoms with Crippen molar-refractivity contribution in [1.29, 1.82) is 0 Å². The zero-order valence-electron chi connectivity index (χ0n) is 48.2. The first kappa shape index (κ1) is 69.6. The van der Waals surface area contributed by atoms with Gasteiger partial charge in [0.1, 0.15) is 0 Å². The average Bonchev–Trinajstić information content (AvgIpc) is 3.37. The number of esters is 1. The van der Waals surface area contributed by atoms with Crippen molar-refractivity contribution in [2.75, 3.05) is 13.2 Å². The quantitative estimate of drug-likeness (QED) is 0.0320. The predicted molar refractivity (Wildman–Crippen MR) is 310 cm³/mol. The summed E-state index contributed by atoms with van der Waals surface area (Å²) in [5.41, 5.74) is 0. The Labute approximate surface area is 444 Å². The van der Waals surface area contributed by atoms with Crippen LogP contribution in [0.4, 0.5) is 0 Å². The summed E-state index contributed by atoms with van der Waals surface area (Å²) in [6.45, 7) is 4.95. The van der Waals surface area contributed by atoms with E-state index in [-0.39, 0.29) is 18.5 Å². The van der Waals surface area contributed by atoms with E-state index < -0.39 is 12.1 Å². The number of unbranched alkanes of at least 4 members (excludes halogenated alkanes) is 48. The molecule has 2 atom stereocenters. The number of aliphatic hydroxyl groups is 2. The van der Waals surface area contributed by atoms with Crippen LogP contribution in [0.2, 0.25) is 0 Å². The highest BCUT2D eigenvalue weighted by Gasteiger charge is 2.20. The van der Waals surface area contributed by atoms with Crippen molar-refractivity contribution in [3.8, 4) is 0 Å². The lowest BCUT2D eigenvalue weighted by atomic mass is 10.0. The fourth-order valence-corrected chi connectivity index (χ4v) is 10.3. The molecule has 0 aromatic rings. The Morgan fingerprint density at radius 2 is 0.662 bits per heavy atom. The summed E-state index contributed by atoms with van der Waals surface area (Å²) in [6.07, 6.45) is 73.6. The largest absolute Gasteiger partial charge is 0.466 e. The molecule has 0 aliphatic rings. The second-order valence-electron chi connectivity index (χ2n) is 22.5. The van der Waals surface area contributed by atoms with Gasteiger partial charge < -0.3 is 20.3 Å². The minimum atomic E-state index is -0.676. The van der Waals surface area contributed by atoms with Crippen molar-refractivity contribution >= 4 is 11.9 Å². The molecule has 0 fully saturated rings. The number of allylic oxidation sites excluding steroid dienone is 2. The number of ether oxygens (including phenoxy) is 1. The average molecular weight is 1000 g/mol. The first-order valence-corrected chi connectivity index (χ1v) is 32.4. The highest BCUT2D eigenvalue weighted by Crippen LogP contribution is 2.18. The molecule has 0 saturated carbocycles. The summed E-state index contributed by atoms with van der Waals surface area (Å²) in [6, 6.07) is -0.554. The van der Waals surface area contributed by atoms with Crippen molar-refractivity contribution in [3.05, 3.63) is 12.2 Å². The van der Waals surface area contributed by atoms with E-state index in [2.05, 4.69) is 31.3 Å². The maximum absolute atomic E-state index is 12.5. The Bertz CT molecular complexity index is 1060. The number of carbonyl (C=O) groups is 2. The number of hydrogen-bond donors (Lipinski definition) is 3. The van der Waals surface area contributed by atoms with Crippen molar-refractivity contribution in [3.63, 3.8) is 0 Å². The Hall–Kier alpha value is -1.40. The predicted octanol–water partition coefficient (Wildman–Crippen LogP) is 20.4. The van der Waals surface area contributed by atoms with E-state index in [4.69, 9.17) is 4.74 Å². The summed E-state index contributed by atoms with van der Waals surface area (Å²) in [5, 5.41) is 23.4. The number of rotatable bonds is 61. The molecule has 0 aliphatic carbocycles. The molecule has 0 heterocycles.